The Labute approximate surface area is 120 Å². The molecule has 0 spiro atoms. The summed E-state index contributed by atoms with van der Waals surface area (Å²) in [6.45, 7) is 1.95. The van der Waals surface area contributed by atoms with Crippen molar-refractivity contribution < 1.29 is 9.90 Å². The molecule has 0 aromatic heterocycles. The van der Waals surface area contributed by atoms with E-state index in [4.69, 9.17) is 0 Å². The molecular weight excluding hydrogens is 306 g/mol. The molecule has 1 unspecified atom stereocenters. The van der Waals surface area contributed by atoms with Crippen molar-refractivity contribution in [2.75, 3.05) is 5.32 Å². The van der Waals surface area contributed by atoms with Crippen LogP contribution in [0, 0.1) is 6.92 Å². The molecule has 0 saturated carbocycles. The molecule has 98 valence electrons. The monoisotopic (exact) mass is 319 g/mol. The van der Waals surface area contributed by atoms with Gasteiger partial charge in [-0.1, -0.05) is 46.3 Å². The fourth-order valence-electron chi connectivity index (χ4n) is 1.86. The first kappa shape index (κ1) is 13.6. The van der Waals surface area contributed by atoms with Crippen LogP contribution in [0.25, 0.3) is 0 Å². The Morgan fingerprint density at radius 2 is 1.95 bits per heavy atom. The van der Waals surface area contributed by atoms with E-state index >= 15 is 0 Å². The maximum atomic E-state index is 11.4. The van der Waals surface area contributed by atoms with Gasteiger partial charge in [0.2, 0.25) is 0 Å². The number of carboxylic acids is 1. The van der Waals surface area contributed by atoms with Crippen LogP contribution < -0.4 is 5.32 Å². The minimum absolute atomic E-state index is 0.713. The molecule has 2 aromatic rings. The zero-order valence-electron chi connectivity index (χ0n) is 10.4. The van der Waals surface area contributed by atoms with Crippen LogP contribution in [0.15, 0.2) is 53.0 Å². The number of rotatable bonds is 4. The lowest BCUT2D eigenvalue weighted by Crippen LogP contribution is -2.20. The van der Waals surface area contributed by atoms with E-state index in [1.165, 1.54) is 0 Å². The first-order valence-electron chi connectivity index (χ1n) is 5.88. The lowest BCUT2D eigenvalue weighted by molar-refractivity contribution is -0.138. The molecule has 0 radical (unpaired) electrons. The van der Waals surface area contributed by atoms with Crippen LogP contribution >= 0.6 is 15.9 Å². The summed E-state index contributed by atoms with van der Waals surface area (Å²) in [6.07, 6.45) is 0. The maximum absolute atomic E-state index is 11.4. The zero-order chi connectivity index (χ0) is 13.8. The van der Waals surface area contributed by atoms with Gasteiger partial charge in [0.25, 0.3) is 0 Å². The van der Waals surface area contributed by atoms with E-state index < -0.39 is 12.0 Å². The predicted molar refractivity (Wildman–Crippen MR) is 79.3 cm³/mol. The Balaban J connectivity index is 2.32. The second-order valence-electron chi connectivity index (χ2n) is 4.29. The number of aliphatic carboxylic acids is 1. The van der Waals surface area contributed by atoms with E-state index in [2.05, 4.69) is 21.2 Å². The maximum Gasteiger partial charge on any atom is 0.330 e. The molecule has 3 nitrogen and oxygen atoms in total. The van der Waals surface area contributed by atoms with Crippen molar-refractivity contribution in [1.82, 2.24) is 0 Å². The Bertz CT molecular complexity index is 598. The van der Waals surface area contributed by atoms with Crippen LogP contribution in [0.1, 0.15) is 17.2 Å². The highest BCUT2D eigenvalue weighted by Crippen LogP contribution is 2.24. The van der Waals surface area contributed by atoms with Gasteiger partial charge in [0.1, 0.15) is 0 Å². The Kier molecular flexibility index (Phi) is 4.22. The predicted octanol–water partition coefficient (Wildman–Crippen LogP) is 4.00. The normalized spacial score (nSPS) is 11.9. The van der Waals surface area contributed by atoms with E-state index in [1.807, 2.05) is 49.4 Å². The van der Waals surface area contributed by atoms with Gasteiger partial charge in [-0.05, 0) is 36.2 Å². The van der Waals surface area contributed by atoms with Crippen molar-refractivity contribution in [3.05, 3.63) is 64.1 Å². The summed E-state index contributed by atoms with van der Waals surface area (Å²) < 4.78 is 0.864. The SMILES string of the molecule is Cc1ccccc1NC(C(=O)O)c1cccc(Br)c1. The number of hydrogen-bond donors (Lipinski definition) is 2. The number of anilines is 1. The number of nitrogens with one attached hydrogen (secondary N) is 1. The molecule has 0 saturated heterocycles. The Hall–Kier alpha value is -1.81. The van der Waals surface area contributed by atoms with Gasteiger partial charge in [-0.15, -0.1) is 0 Å². The summed E-state index contributed by atoms with van der Waals surface area (Å²) in [5, 5.41) is 12.5. The number of halogens is 1. The van der Waals surface area contributed by atoms with Crippen LogP contribution in [0.4, 0.5) is 5.69 Å². The van der Waals surface area contributed by atoms with Gasteiger partial charge in [-0.3, -0.25) is 0 Å². The van der Waals surface area contributed by atoms with Gasteiger partial charge < -0.3 is 10.4 Å². The summed E-state index contributed by atoms with van der Waals surface area (Å²) in [5.74, 6) is -0.902. The third-order valence-electron chi connectivity index (χ3n) is 2.87. The average Bonchev–Trinajstić information content (AvgIpc) is 2.37. The molecule has 19 heavy (non-hydrogen) atoms. The Morgan fingerprint density at radius 3 is 2.58 bits per heavy atom. The summed E-state index contributed by atoms with van der Waals surface area (Å²) >= 11 is 3.36. The molecule has 0 aliphatic heterocycles. The summed E-state index contributed by atoms with van der Waals surface area (Å²) in [4.78, 5) is 11.4. The molecule has 1 atom stereocenters. The molecule has 0 aliphatic carbocycles. The lowest BCUT2D eigenvalue weighted by Gasteiger charge is -2.18. The lowest BCUT2D eigenvalue weighted by atomic mass is 10.1. The van der Waals surface area contributed by atoms with Crippen LogP contribution in [0.2, 0.25) is 0 Å². The van der Waals surface area contributed by atoms with Gasteiger partial charge in [-0.25, -0.2) is 4.79 Å². The first-order chi connectivity index (χ1) is 9.08. The highest BCUT2D eigenvalue weighted by molar-refractivity contribution is 9.10. The molecule has 2 N–H and O–H groups in total. The molecule has 0 heterocycles. The topological polar surface area (TPSA) is 49.3 Å². The van der Waals surface area contributed by atoms with E-state index in [-0.39, 0.29) is 0 Å². The number of carboxylic acid groups (broad SMARTS) is 1. The summed E-state index contributed by atoms with van der Waals surface area (Å²) in [6, 6.07) is 14.2. The molecular formula is C15H14BrNO2. The van der Waals surface area contributed by atoms with E-state index in [0.29, 0.717) is 5.56 Å². The van der Waals surface area contributed by atoms with Crippen LogP contribution in [0.5, 0.6) is 0 Å². The molecule has 4 heteroatoms. The molecule has 0 bridgehead atoms. The smallest absolute Gasteiger partial charge is 0.330 e. The summed E-state index contributed by atoms with van der Waals surface area (Å²) in [5.41, 5.74) is 2.56. The number of benzene rings is 2. The van der Waals surface area contributed by atoms with Gasteiger partial charge in [0.15, 0.2) is 6.04 Å². The highest BCUT2D eigenvalue weighted by atomic mass is 79.9. The molecule has 0 amide bonds. The van der Waals surface area contributed by atoms with Crippen molar-refractivity contribution in [3.8, 4) is 0 Å². The molecule has 2 aromatic carbocycles. The van der Waals surface area contributed by atoms with Crippen molar-refractivity contribution in [2.24, 2.45) is 0 Å². The minimum atomic E-state index is -0.902. The highest BCUT2D eigenvalue weighted by Gasteiger charge is 2.20. The number of para-hydroxylation sites is 1. The van der Waals surface area contributed by atoms with E-state index in [1.54, 1.807) is 6.07 Å². The van der Waals surface area contributed by atoms with Crippen LogP contribution in [0.3, 0.4) is 0 Å². The average molecular weight is 320 g/mol. The quantitative estimate of drug-likeness (QED) is 0.895. The second-order valence-corrected chi connectivity index (χ2v) is 5.20. The van der Waals surface area contributed by atoms with Crippen LogP contribution in [-0.2, 0) is 4.79 Å². The van der Waals surface area contributed by atoms with Gasteiger partial charge in [-0.2, -0.15) is 0 Å². The number of carbonyl (C=O) groups is 1. The summed E-state index contributed by atoms with van der Waals surface area (Å²) in [7, 11) is 0. The second kappa shape index (κ2) is 5.89. The zero-order valence-corrected chi connectivity index (χ0v) is 12.0. The first-order valence-corrected chi connectivity index (χ1v) is 6.67. The van der Waals surface area contributed by atoms with E-state index in [0.717, 1.165) is 15.7 Å². The minimum Gasteiger partial charge on any atom is -0.479 e. The van der Waals surface area contributed by atoms with Crippen molar-refractivity contribution in [2.45, 2.75) is 13.0 Å². The molecule has 0 fully saturated rings. The largest absolute Gasteiger partial charge is 0.479 e. The number of aryl methyl sites for hydroxylation is 1. The third kappa shape index (κ3) is 3.35. The van der Waals surface area contributed by atoms with Crippen molar-refractivity contribution >= 4 is 27.6 Å². The fourth-order valence-corrected chi connectivity index (χ4v) is 2.28. The molecule has 0 aliphatic rings. The van der Waals surface area contributed by atoms with Crippen LogP contribution in [-0.4, -0.2) is 11.1 Å². The Morgan fingerprint density at radius 1 is 1.21 bits per heavy atom. The third-order valence-corrected chi connectivity index (χ3v) is 3.37. The van der Waals surface area contributed by atoms with Crippen molar-refractivity contribution in [3.63, 3.8) is 0 Å². The molecule has 2 rings (SSSR count). The van der Waals surface area contributed by atoms with E-state index in [9.17, 15) is 9.90 Å². The van der Waals surface area contributed by atoms with Crippen molar-refractivity contribution in [1.29, 1.82) is 0 Å². The van der Waals surface area contributed by atoms with Gasteiger partial charge >= 0.3 is 5.97 Å². The fraction of sp³-hybridized carbons (Fsp3) is 0.133. The number of hydrogen-bond acceptors (Lipinski definition) is 2. The standard InChI is InChI=1S/C15H14BrNO2/c1-10-5-2-3-8-13(10)17-14(15(18)19)11-6-4-7-12(16)9-11/h2-9,14,17H,1H3,(H,18,19). The van der Waals surface area contributed by atoms with Gasteiger partial charge in [0, 0.05) is 10.2 Å². The van der Waals surface area contributed by atoms with Gasteiger partial charge in [0.05, 0.1) is 0 Å².